The van der Waals surface area contributed by atoms with Crippen LogP contribution in [0.4, 0.5) is 5.69 Å². The number of para-hydroxylation sites is 1. The van der Waals surface area contributed by atoms with Crippen LogP contribution in [-0.2, 0) is 21.2 Å². The molecule has 1 aliphatic heterocycles. The van der Waals surface area contributed by atoms with Crippen molar-refractivity contribution >= 4 is 27.2 Å². The number of benzene rings is 3. The van der Waals surface area contributed by atoms with E-state index in [1.54, 1.807) is 32.4 Å². The lowest BCUT2D eigenvalue weighted by Gasteiger charge is -2.30. The van der Waals surface area contributed by atoms with Crippen molar-refractivity contribution in [1.82, 2.24) is 5.32 Å². The van der Waals surface area contributed by atoms with Crippen molar-refractivity contribution in [3.63, 3.8) is 0 Å². The Bertz CT molecular complexity index is 1350. The fraction of sp³-hybridized carbons (Fsp3) is 0.192. The summed E-state index contributed by atoms with van der Waals surface area (Å²) in [6, 6.07) is 21.8. The summed E-state index contributed by atoms with van der Waals surface area (Å²) in [7, 11) is 0.526. The zero-order valence-electron chi connectivity index (χ0n) is 19.2. The third-order valence-electron chi connectivity index (χ3n) is 5.77. The molecule has 1 N–H and O–H groups in total. The Morgan fingerprint density at radius 3 is 2.29 bits per heavy atom. The number of hydrogen-bond acceptors (Lipinski definition) is 5. The number of fused-ring (bicyclic) bond motifs is 1. The number of sulfonamides is 1. The number of ether oxygens (including phenoxy) is 2. The van der Waals surface area contributed by atoms with Gasteiger partial charge in [-0.05, 0) is 35.7 Å². The number of rotatable bonds is 7. The zero-order valence-corrected chi connectivity index (χ0v) is 20.1. The molecule has 0 bridgehead atoms. The van der Waals surface area contributed by atoms with E-state index < -0.39 is 15.9 Å². The molecular formula is C26H26N2O5S. The van der Waals surface area contributed by atoms with Crippen molar-refractivity contribution in [2.75, 3.05) is 32.1 Å². The van der Waals surface area contributed by atoms with Crippen LogP contribution in [0, 0.1) is 0 Å². The van der Waals surface area contributed by atoms with E-state index in [9.17, 15) is 13.2 Å². The van der Waals surface area contributed by atoms with Gasteiger partial charge in [-0.3, -0.25) is 9.10 Å². The van der Waals surface area contributed by atoms with Gasteiger partial charge in [0.05, 0.1) is 19.9 Å². The SMILES string of the molecule is COc1ccc(CCNC(=O)C2=C(c3ccccc3)c3ccccc3N(C)S2(=O)=O)cc1OC. The van der Waals surface area contributed by atoms with Gasteiger partial charge in [0, 0.05) is 24.7 Å². The molecule has 1 aliphatic rings. The number of methoxy groups -OCH3 is 2. The van der Waals surface area contributed by atoms with Gasteiger partial charge in [-0.2, -0.15) is 0 Å². The fourth-order valence-electron chi connectivity index (χ4n) is 4.04. The van der Waals surface area contributed by atoms with Gasteiger partial charge >= 0.3 is 0 Å². The van der Waals surface area contributed by atoms with Gasteiger partial charge < -0.3 is 14.8 Å². The van der Waals surface area contributed by atoms with E-state index in [2.05, 4.69) is 5.32 Å². The molecule has 3 aromatic carbocycles. The molecule has 0 atom stereocenters. The summed E-state index contributed by atoms with van der Waals surface area (Å²) >= 11 is 0. The number of anilines is 1. The van der Waals surface area contributed by atoms with Gasteiger partial charge in [0.1, 0.15) is 0 Å². The number of carbonyl (C=O) groups is 1. The van der Waals surface area contributed by atoms with E-state index >= 15 is 0 Å². The molecule has 34 heavy (non-hydrogen) atoms. The quantitative estimate of drug-likeness (QED) is 0.561. The zero-order chi connectivity index (χ0) is 24.3. The van der Waals surface area contributed by atoms with Gasteiger partial charge in [-0.1, -0.05) is 54.6 Å². The second-order valence-electron chi connectivity index (χ2n) is 7.76. The van der Waals surface area contributed by atoms with Crippen LogP contribution in [0.2, 0.25) is 0 Å². The minimum atomic E-state index is -4.06. The first-order chi connectivity index (χ1) is 16.4. The maximum absolute atomic E-state index is 13.5. The van der Waals surface area contributed by atoms with Gasteiger partial charge in [0.2, 0.25) is 0 Å². The van der Waals surface area contributed by atoms with Crippen LogP contribution >= 0.6 is 0 Å². The van der Waals surface area contributed by atoms with Crippen molar-refractivity contribution in [2.45, 2.75) is 6.42 Å². The molecule has 1 heterocycles. The van der Waals surface area contributed by atoms with Crippen molar-refractivity contribution in [3.8, 4) is 11.5 Å². The number of hydrogen-bond donors (Lipinski definition) is 1. The molecule has 3 aromatic rings. The number of amides is 1. The molecule has 0 spiro atoms. The lowest BCUT2D eigenvalue weighted by Crippen LogP contribution is -2.40. The first kappa shape index (κ1) is 23.4. The minimum Gasteiger partial charge on any atom is -0.493 e. The summed E-state index contributed by atoms with van der Waals surface area (Å²) in [5.41, 5.74) is 3.21. The Labute approximate surface area is 199 Å². The molecule has 0 fully saturated rings. The summed E-state index contributed by atoms with van der Waals surface area (Å²) in [4.78, 5) is 13.1. The van der Waals surface area contributed by atoms with E-state index in [-0.39, 0.29) is 11.4 Å². The highest BCUT2D eigenvalue weighted by molar-refractivity contribution is 7.97. The lowest BCUT2D eigenvalue weighted by atomic mass is 9.95. The summed E-state index contributed by atoms with van der Waals surface area (Å²) < 4.78 is 38.7. The smallest absolute Gasteiger partial charge is 0.270 e. The third kappa shape index (κ3) is 4.24. The van der Waals surface area contributed by atoms with Crippen molar-refractivity contribution in [1.29, 1.82) is 0 Å². The maximum atomic E-state index is 13.5. The summed E-state index contributed by atoms with van der Waals surface area (Å²) in [6.45, 7) is 0.251. The van der Waals surface area contributed by atoms with Crippen LogP contribution in [0.3, 0.4) is 0 Å². The summed E-state index contributed by atoms with van der Waals surface area (Å²) in [6.07, 6.45) is 0.493. The number of nitrogens with one attached hydrogen (secondary N) is 1. The molecular weight excluding hydrogens is 452 g/mol. The van der Waals surface area contributed by atoms with Crippen LogP contribution in [0.5, 0.6) is 11.5 Å². The van der Waals surface area contributed by atoms with Gasteiger partial charge in [-0.15, -0.1) is 0 Å². The minimum absolute atomic E-state index is 0.251. The highest BCUT2D eigenvalue weighted by Crippen LogP contribution is 2.41. The van der Waals surface area contributed by atoms with E-state index in [0.29, 0.717) is 40.3 Å². The highest BCUT2D eigenvalue weighted by Gasteiger charge is 2.39. The predicted octanol–water partition coefficient (Wildman–Crippen LogP) is 3.60. The molecule has 0 saturated carbocycles. The summed E-state index contributed by atoms with van der Waals surface area (Å²) in [5.74, 6) is 0.567. The topological polar surface area (TPSA) is 84.9 Å². The van der Waals surface area contributed by atoms with Crippen molar-refractivity contribution < 1.29 is 22.7 Å². The molecule has 0 saturated heterocycles. The molecule has 0 aliphatic carbocycles. The second kappa shape index (κ2) is 9.61. The molecule has 176 valence electrons. The van der Waals surface area contributed by atoms with Crippen LogP contribution in [0.1, 0.15) is 16.7 Å². The Morgan fingerprint density at radius 2 is 1.59 bits per heavy atom. The molecule has 1 amide bonds. The van der Waals surface area contributed by atoms with E-state index in [1.807, 2.05) is 54.6 Å². The van der Waals surface area contributed by atoms with Gasteiger partial charge in [0.15, 0.2) is 16.4 Å². The van der Waals surface area contributed by atoms with Gasteiger partial charge in [-0.25, -0.2) is 8.42 Å². The average molecular weight is 479 g/mol. The van der Waals surface area contributed by atoms with Crippen molar-refractivity contribution in [3.05, 3.63) is 94.4 Å². The van der Waals surface area contributed by atoms with E-state index in [0.717, 1.165) is 9.87 Å². The largest absolute Gasteiger partial charge is 0.493 e. The molecule has 0 radical (unpaired) electrons. The number of carbonyl (C=O) groups excluding carboxylic acids is 1. The lowest BCUT2D eigenvalue weighted by molar-refractivity contribution is -0.116. The molecule has 0 unspecified atom stereocenters. The molecule has 7 nitrogen and oxygen atoms in total. The van der Waals surface area contributed by atoms with Crippen LogP contribution in [-0.4, -0.2) is 42.1 Å². The third-order valence-corrected chi connectivity index (χ3v) is 7.60. The standard InChI is InChI=1S/C26H26N2O5S/c1-28-21-12-8-7-11-20(21)24(19-9-5-4-6-10-19)25(34(28,30)31)26(29)27-16-15-18-13-14-22(32-2)23(17-18)33-3/h4-14,17H,15-16H2,1-3H3,(H,27,29). The Hall–Kier alpha value is -3.78. The Morgan fingerprint density at radius 1 is 0.912 bits per heavy atom. The first-order valence-electron chi connectivity index (χ1n) is 10.8. The van der Waals surface area contributed by atoms with Gasteiger partial charge in [0.25, 0.3) is 15.9 Å². The molecule has 4 rings (SSSR count). The van der Waals surface area contributed by atoms with Crippen LogP contribution in [0.15, 0.2) is 77.7 Å². The maximum Gasteiger partial charge on any atom is 0.270 e. The highest BCUT2D eigenvalue weighted by atomic mass is 32.2. The Balaban J connectivity index is 1.68. The Kier molecular flexibility index (Phi) is 6.61. The van der Waals surface area contributed by atoms with Crippen LogP contribution in [0.25, 0.3) is 5.57 Å². The molecule has 8 heteroatoms. The first-order valence-corrected chi connectivity index (χ1v) is 12.2. The second-order valence-corrected chi connectivity index (χ2v) is 9.66. The van der Waals surface area contributed by atoms with E-state index in [4.69, 9.17) is 9.47 Å². The summed E-state index contributed by atoms with van der Waals surface area (Å²) in [5, 5.41) is 2.80. The van der Waals surface area contributed by atoms with Crippen molar-refractivity contribution in [2.24, 2.45) is 0 Å². The van der Waals surface area contributed by atoms with Crippen LogP contribution < -0.4 is 19.1 Å². The molecule has 0 aromatic heterocycles. The van der Waals surface area contributed by atoms with E-state index in [1.165, 1.54) is 7.05 Å². The normalized spacial score (nSPS) is 14.4. The predicted molar refractivity (Wildman–Crippen MR) is 132 cm³/mol. The average Bonchev–Trinajstić information content (AvgIpc) is 2.86. The number of nitrogens with zero attached hydrogens (tertiary/aromatic N) is 1. The fourth-order valence-corrected chi connectivity index (χ4v) is 5.52. The monoisotopic (exact) mass is 478 g/mol.